The SMILES string of the molecule is C#CC(CC(=O)OCC)NC(=O)CN.O=C(O)C(F)(F)F. The Bertz CT molecular complexity index is 404. The summed E-state index contributed by atoms with van der Waals surface area (Å²) in [5, 5.41) is 9.53. The van der Waals surface area contributed by atoms with Crippen LogP contribution in [0.15, 0.2) is 0 Å². The summed E-state index contributed by atoms with van der Waals surface area (Å²) in [6.07, 6.45) is -0.00810. The van der Waals surface area contributed by atoms with Gasteiger partial charge in [-0.15, -0.1) is 6.42 Å². The Balaban J connectivity index is 0. The molecular weight excluding hydrogens is 297 g/mol. The molecule has 10 heteroatoms. The third-order valence-corrected chi connectivity index (χ3v) is 1.64. The fraction of sp³-hybridized carbons (Fsp3) is 0.545. The summed E-state index contributed by atoms with van der Waals surface area (Å²) < 4.78 is 36.4. The Kier molecular flexibility index (Phi) is 10.5. The maximum Gasteiger partial charge on any atom is 0.490 e. The van der Waals surface area contributed by atoms with Crippen molar-refractivity contribution in [3.8, 4) is 12.3 Å². The van der Waals surface area contributed by atoms with Gasteiger partial charge in [-0.3, -0.25) is 9.59 Å². The number of amides is 1. The second-order valence-electron chi connectivity index (χ2n) is 3.30. The van der Waals surface area contributed by atoms with E-state index in [9.17, 15) is 22.8 Å². The van der Waals surface area contributed by atoms with E-state index in [-0.39, 0.29) is 13.0 Å². The number of carboxylic acids is 1. The van der Waals surface area contributed by atoms with Crippen LogP contribution in [0.5, 0.6) is 0 Å². The highest BCUT2D eigenvalue weighted by Crippen LogP contribution is 2.13. The lowest BCUT2D eigenvalue weighted by atomic mass is 10.2. The zero-order valence-electron chi connectivity index (χ0n) is 11.1. The fourth-order valence-electron chi connectivity index (χ4n) is 0.791. The summed E-state index contributed by atoms with van der Waals surface area (Å²) in [4.78, 5) is 30.7. The average Bonchev–Trinajstić information content (AvgIpc) is 2.37. The van der Waals surface area contributed by atoms with E-state index in [2.05, 4.69) is 16.0 Å². The quantitative estimate of drug-likeness (QED) is 0.471. The van der Waals surface area contributed by atoms with Crippen LogP contribution in [-0.2, 0) is 19.1 Å². The second kappa shape index (κ2) is 10.5. The fourth-order valence-corrected chi connectivity index (χ4v) is 0.791. The molecule has 7 nitrogen and oxygen atoms in total. The number of nitrogens with two attached hydrogens (primary N) is 1. The Morgan fingerprint density at radius 2 is 1.90 bits per heavy atom. The van der Waals surface area contributed by atoms with E-state index in [0.29, 0.717) is 6.61 Å². The van der Waals surface area contributed by atoms with Gasteiger partial charge in [0.1, 0.15) is 6.04 Å². The van der Waals surface area contributed by atoms with Crippen LogP contribution in [0.25, 0.3) is 0 Å². The molecule has 0 radical (unpaired) electrons. The molecule has 0 bridgehead atoms. The van der Waals surface area contributed by atoms with Crippen molar-refractivity contribution >= 4 is 17.8 Å². The highest BCUT2D eigenvalue weighted by molar-refractivity contribution is 5.79. The number of rotatable bonds is 5. The summed E-state index contributed by atoms with van der Waals surface area (Å²) in [6, 6.07) is -0.648. The molecular formula is C11H15F3N2O5. The first-order valence-corrected chi connectivity index (χ1v) is 5.49. The van der Waals surface area contributed by atoms with Crippen molar-refractivity contribution in [2.24, 2.45) is 5.73 Å². The lowest BCUT2D eigenvalue weighted by Crippen LogP contribution is -2.39. The van der Waals surface area contributed by atoms with Crippen molar-refractivity contribution in [3.05, 3.63) is 0 Å². The van der Waals surface area contributed by atoms with Crippen molar-refractivity contribution in [2.45, 2.75) is 25.6 Å². The summed E-state index contributed by atoms with van der Waals surface area (Å²) >= 11 is 0. The van der Waals surface area contributed by atoms with Gasteiger partial charge in [0, 0.05) is 0 Å². The van der Waals surface area contributed by atoms with E-state index in [4.69, 9.17) is 22.1 Å². The standard InChI is InChI=1S/C9H14N2O3.C2HF3O2/c1-3-7(11-8(12)6-10)5-9(13)14-4-2;3-2(4,5)1(6)7/h1,7H,4-6,10H2,2H3,(H,11,12);(H,6,7). The molecule has 0 saturated carbocycles. The monoisotopic (exact) mass is 312 g/mol. The average molecular weight is 312 g/mol. The number of carbonyl (C=O) groups is 3. The van der Waals surface area contributed by atoms with Crippen molar-refractivity contribution < 1.29 is 37.4 Å². The van der Waals surface area contributed by atoms with E-state index >= 15 is 0 Å². The number of terminal acetylenes is 1. The van der Waals surface area contributed by atoms with Crippen LogP contribution in [0.2, 0.25) is 0 Å². The molecule has 0 rings (SSSR count). The van der Waals surface area contributed by atoms with Gasteiger partial charge >= 0.3 is 18.1 Å². The molecule has 0 aliphatic heterocycles. The van der Waals surface area contributed by atoms with Crippen LogP contribution in [0.4, 0.5) is 13.2 Å². The van der Waals surface area contributed by atoms with Gasteiger partial charge < -0.3 is 20.9 Å². The Morgan fingerprint density at radius 1 is 1.43 bits per heavy atom. The normalized spacial score (nSPS) is 11.2. The molecule has 1 atom stereocenters. The van der Waals surface area contributed by atoms with E-state index in [1.54, 1.807) is 6.92 Å². The zero-order valence-corrected chi connectivity index (χ0v) is 11.1. The van der Waals surface area contributed by atoms with Crippen LogP contribution in [0.3, 0.4) is 0 Å². The van der Waals surface area contributed by atoms with E-state index in [1.165, 1.54) is 0 Å². The Morgan fingerprint density at radius 3 is 2.19 bits per heavy atom. The van der Waals surface area contributed by atoms with Gasteiger partial charge in [-0.1, -0.05) is 5.92 Å². The van der Waals surface area contributed by atoms with E-state index < -0.39 is 30.1 Å². The molecule has 0 aromatic carbocycles. The number of ether oxygens (including phenoxy) is 1. The van der Waals surface area contributed by atoms with Crippen LogP contribution < -0.4 is 11.1 Å². The van der Waals surface area contributed by atoms with Crippen LogP contribution in [0, 0.1) is 12.3 Å². The number of aliphatic carboxylic acids is 1. The molecule has 1 amide bonds. The predicted molar refractivity (Wildman–Crippen MR) is 64.8 cm³/mol. The maximum atomic E-state index is 11.0. The third-order valence-electron chi connectivity index (χ3n) is 1.64. The summed E-state index contributed by atoms with van der Waals surface area (Å²) in [7, 11) is 0. The number of hydrogen-bond acceptors (Lipinski definition) is 5. The van der Waals surface area contributed by atoms with Crippen LogP contribution >= 0.6 is 0 Å². The number of esters is 1. The minimum atomic E-state index is -5.08. The number of hydrogen-bond donors (Lipinski definition) is 3. The predicted octanol–water partition coefficient (Wildman–Crippen LogP) is -0.350. The lowest BCUT2D eigenvalue weighted by Gasteiger charge is -2.11. The van der Waals surface area contributed by atoms with Crippen molar-refractivity contribution in [3.63, 3.8) is 0 Å². The van der Waals surface area contributed by atoms with Gasteiger partial charge in [0.05, 0.1) is 19.6 Å². The first-order valence-electron chi connectivity index (χ1n) is 5.49. The molecule has 0 aliphatic carbocycles. The first-order chi connectivity index (χ1) is 9.58. The molecule has 21 heavy (non-hydrogen) atoms. The topological polar surface area (TPSA) is 119 Å². The van der Waals surface area contributed by atoms with Gasteiger partial charge in [0.15, 0.2) is 0 Å². The molecule has 0 heterocycles. The highest BCUT2D eigenvalue weighted by atomic mass is 19.4. The first kappa shape index (κ1) is 21.0. The van der Waals surface area contributed by atoms with Crippen molar-refractivity contribution in [1.29, 1.82) is 0 Å². The molecule has 0 spiro atoms. The second-order valence-corrected chi connectivity index (χ2v) is 3.30. The smallest absolute Gasteiger partial charge is 0.475 e. The number of halogens is 3. The maximum absolute atomic E-state index is 11.0. The van der Waals surface area contributed by atoms with Gasteiger partial charge in [-0.25, -0.2) is 4.79 Å². The van der Waals surface area contributed by atoms with Crippen molar-refractivity contribution in [1.82, 2.24) is 5.32 Å². The Hall–Kier alpha value is -2.28. The largest absolute Gasteiger partial charge is 0.490 e. The number of alkyl halides is 3. The number of carboxylic acid groups (broad SMARTS) is 1. The molecule has 0 fully saturated rings. The third kappa shape index (κ3) is 12.5. The lowest BCUT2D eigenvalue weighted by molar-refractivity contribution is -0.192. The van der Waals surface area contributed by atoms with E-state index in [0.717, 1.165) is 0 Å². The van der Waals surface area contributed by atoms with Crippen LogP contribution in [0.1, 0.15) is 13.3 Å². The number of nitrogens with one attached hydrogen (secondary N) is 1. The summed E-state index contributed by atoms with van der Waals surface area (Å²) in [5.74, 6) is -1.32. The minimum absolute atomic E-state index is 0.0317. The van der Waals surface area contributed by atoms with Gasteiger partial charge in [-0.2, -0.15) is 13.2 Å². The van der Waals surface area contributed by atoms with Gasteiger partial charge in [0.25, 0.3) is 0 Å². The van der Waals surface area contributed by atoms with Gasteiger partial charge in [0.2, 0.25) is 5.91 Å². The molecule has 0 aliphatic rings. The van der Waals surface area contributed by atoms with Gasteiger partial charge in [-0.05, 0) is 6.92 Å². The minimum Gasteiger partial charge on any atom is -0.475 e. The summed E-state index contributed by atoms with van der Waals surface area (Å²) in [5.41, 5.74) is 5.07. The van der Waals surface area contributed by atoms with Crippen molar-refractivity contribution in [2.75, 3.05) is 13.2 Å². The highest BCUT2D eigenvalue weighted by Gasteiger charge is 2.38. The number of carbonyl (C=O) groups excluding carboxylic acids is 2. The molecule has 0 aromatic heterocycles. The summed E-state index contributed by atoms with van der Waals surface area (Å²) in [6.45, 7) is 1.84. The molecule has 0 aromatic rings. The Labute approximate surface area is 118 Å². The molecule has 1 unspecified atom stereocenters. The molecule has 0 saturated heterocycles. The van der Waals surface area contributed by atoms with E-state index in [1.807, 2.05) is 0 Å². The molecule has 4 N–H and O–H groups in total. The zero-order chi connectivity index (χ0) is 17.1. The van der Waals surface area contributed by atoms with Crippen LogP contribution in [-0.4, -0.2) is 48.3 Å². The molecule has 120 valence electrons.